The Hall–Kier alpha value is 3.47. The fraction of sp³-hybridized carbons (Fsp3) is 1.00. The van der Waals surface area contributed by atoms with E-state index in [4.69, 9.17) is 33.8 Å². The summed E-state index contributed by atoms with van der Waals surface area (Å²) in [5.41, 5.74) is -2.24. The molecule has 0 aromatic heterocycles. The molecule has 0 amide bonds. The van der Waals surface area contributed by atoms with Gasteiger partial charge in [0.05, 0.1) is 5.69 Å². The molecule has 0 heterocycles. The maximum atomic E-state index is 10.1. The van der Waals surface area contributed by atoms with E-state index in [0.717, 1.165) is 14.2 Å². The van der Waals surface area contributed by atoms with Gasteiger partial charge in [0.25, 0.3) is 0 Å². The smallest absolute Gasteiger partial charge is 0.747 e. The van der Waals surface area contributed by atoms with Crippen molar-refractivity contribution in [2.75, 3.05) is 55.1 Å². The monoisotopic (exact) mass is 630 g/mol. The van der Waals surface area contributed by atoms with Crippen molar-refractivity contribution in [3.8, 4) is 0 Å². The molecule has 0 bridgehead atoms. The van der Waals surface area contributed by atoms with Crippen LogP contribution in [0.25, 0.3) is 0 Å². The second kappa shape index (κ2) is 21.7. The van der Waals surface area contributed by atoms with Crippen LogP contribution in [0.2, 0.25) is 0 Å². The zero-order valence-corrected chi connectivity index (χ0v) is 29.0. The molecule has 0 atom stereocenters. The van der Waals surface area contributed by atoms with E-state index in [2.05, 4.69) is 42.2 Å². The summed E-state index contributed by atoms with van der Waals surface area (Å²) in [6, 6.07) is 0. The summed E-state index contributed by atoms with van der Waals surface area (Å²) in [6.07, 6.45) is 0. The molecule has 0 aliphatic heterocycles. The van der Waals surface area contributed by atoms with Crippen LogP contribution in [-0.2, 0) is 114 Å². The van der Waals surface area contributed by atoms with E-state index in [0.29, 0.717) is 0 Å². The fourth-order valence-corrected chi connectivity index (χ4v) is 0.447. The standard InChI is InChI=1S/C2H7O4P.C2H7O2PS2.C2H7O2P.C2H7PS2.2Zn/c1-5-7(3,4)6-2;1-3-5(6,7)4-2;1-5(2,3)4;1-3(2,4)5;;/h1-2H3,(H,3,4);1-2H3,(H,6,7);1-2H3,(H,3,4);1-2H3,(H,4,5);;/q;;;;;+2/p-2. The normalized spacial score (nSPS) is 10.9. The van der Waals surface area contributed by atoms with E-state index in [9.17, 15) is 9.13 Å². The Bertz CT molecular complexity index is 424. The van der Waals surface area contributed by atoms with Gasteiger partial charge in [-0.2, -0.15) is 5.24 Å². The molecule has 154 valence electrons. The van der Waals surface area contributed by atoms with Gasteiger partial charge < -0.3 is 43.3 Å². The summed E-state index contributed by atoms with van der Waals surface area (Å²) in [4.78, 5) is 16.3. The Balaban J connectivity index is -0.0000000506. The third-order valence-corrected chi connectivity index (χ3v) is 4.51. The summed E-state index contributed by atoms with van der Waals surface area (Å²) in [7, 11) is -1.18. The van der Waals surface area contributed by atoms with Crippen LogP contribution in [0.3, 0.4) is 0 Å². The van der Waals surface area contributed by atoms with Gasteiger partial charge in [-0.05, 0) is 0 Å². The molecule has 0 rings (SSSR count). The van der Waals surface area contributed by atoms with Crippen molar-refractivity contribution in [1.29, 1.82) is 0 Å². The van der Waals surface area contributed by atoms with Gasteiger partial charge in [0.15, 0.2) is 7.37 Å². The molecule has 0 aliphatic rings. The van der Waals surface area contributed by atoms with Gasteiger partial charge in [0.1, 0.15) is 0 Å². The summed E-state index contributed by atoms with van der Waals surface area (Å²) < 4.78 is 37.0. The number of hydrogen-bond donors (Lipinski definition) is 2. The Morgan fingerprint density at radius 3 is 0.923 bits per heavy atom. The molecule has 2 N–H and O–H groups in total. The maximum absolute atomic E-state index is 10.1. The van der Waals surface area contributed by atoms with Crippen LogP contribution in [0.5, 0.6) is 0 Å². The molecule has 0 radical (unpaired) electrons. The average molecular weight is 633 g/mol. The topological polar surface area (TPSA) is 112 Å². The van der Waals surface area contributed by atoms with Crippen LogP contribution in [0.4, 0.5) is 0 Å². The number of hydrogen-bond acceptors (Lipinski definition) is 10. The number of rotatable bonds is 4. The number of phosphoric ester groups is 1. The molecule has 0 fully saturated rings. The summed E-state index contributed by atoms with van der Waals surface area (Å²) in [5, 5.41) is -1.22. The fourth-order valence-electron chi connectivity index (χ4n) is 0.149. The molecule has 0 aromatic carbocycles. The molecular weight excluding hydrogens is 607 g/mol. The van der Waals surface area contributed by atoms with E-state index in [-0.39, 0.29) is 39.0 Å². The van der Waals surface area contributed by atoms with E-state index in [1.807, 2.05) is 13.3 Å². The van der Waals surface area contributed by atoms with Crippen molar-refractivity contribution in [2.45, 2.75) is 0 Å². The van der Waals surface area contributed by atoms with Crippen LogP contribution in [0.1, 0.15) is 0 Å². The molecule has 0 unspecified atom stereocenters. The first kappa shape index (κ1) is 43.4. The first-order chi connectivity index (χ1) is 10.2. The summed E-state index contributed by atoms with van der Waals surface area (Å²) in [5.74, 6) is 0. The second-order valence-corrected chi connectivity index (χ2v) is 22.3. The van der Waals surface area contributed by atoms with E-state index < -0.39 is 26.1 Å². The third kappa shape index (κ3) is 80.4. The Morgan fingerprint density at radius 2 is 0.923 bits per heavy atom. The predicted octanol–water partition coefficient (Wildman–Crippen LogP) is 3.13. The number of phosphoric acid groups is 1. The Morgan fingerprint density at radius 1 is 0.769 bits per heavy atom. The molecular formula is C8H26O8P4S4Zn2. The second-order valence-electron chi connectivity index (χ2n) is 4.19. The average Bonchev–Trinajstić information content (AvgIpc) is 2.35. The first-order valence-corrected chi connectivity index (χ1v) is 18.1. The summed E-state index contributed by atoms with van der Waals surface area (Å²) >= 11 is 18.8. The van der Waals surface area contributed by atoms with Crippen molar-refractivity contribution in [3.05, 3.63) is 0 Å². The van der Waals surface area contributed by atoms with Gasteiger partial charge in [0.2, 0.25) is 0 Å². The minimum atomic E-state index is -3.65. The van der Waals surface area contributed by atoms with Crippen LogP contribution in [0.15, 0.2) is 0 Å². The zero-order valence-electron chi connectivity index (χ0n) is 16.2. The molecule has 18 heteroatoms. The molecule has 0 saturated heterocycles. The van der Waals surface area contributed by atoms with E-state index >= 15 is 0 Å². The third-order valence-electron chi connectivity index (χ3n) is 0.909. The van der Waals surface area contributed by atoms with Crippen molar-refractivity contribution in [2.24, 2.45) is 0 Å². The molecule has 0 saturated carbocycles. The van der Waals surface area contributed by atoms with Gasteiger partial charge in [0, 0.05) is 61.2 Å². The van der Waals surface area contributed by atoms with Crippen LogP contribution < -0.4 is 0 Å². The maximum Gasteiger partial charge on any atom is 2.00 e. The Labute approximate surface area is 203 Å². The van der Waals surface area contributed by atoms with Gasteiger partial charge >= 0.3 is 27.3 Å². The molecule has 26 heavy (non-hydrogen) atoms. The first-order valence-electron chi connectivity index (χ1n) is 5.65. The van der Waals surface area contributed by atoms with Gasteiger partial charge in [-0.3, -0.25) is 13.6 Å². The van der Waals surface area contributed by atoms with Crippen LogP contribution >= 0.6 is 26.1 Å². The minimum Gasteiger partial charge on any atom is -0.747 e. The van der Waals surface area contributed by atoms with Crippen LogP contribution in [-0.4, -0.2) is 64.9 Å². The Kier molecular flexibility index (Phi) is 36.2. The molecule has 8 nitrogen and oxygen atoms in total. The van der Waals surface area contributed by atoms with Crippen molar-refractivity contribution >= 4 is 74.2 Å². The van der Waals surface area contributed by atoms with Crippen LogP contribution in [0, 0.1) is 0 Å². The SMILES string of the molecule is COP(=O)(O)OC.COP(=S)([S-])OC.CP(C)(=O)O.CP(C)(=S)[S-].[Zn+2].[Zn]. The predicted molar refractivity (Wildman–Crippen MR) is 115 cm³/mol. The molecule has 0 aromatic rings. The summed E-state index contributed by atoms with van der Waals surface area (Å²) in [6.45, 7) is 6.45. The largest absolute Gasteiger partial charge is 2.00 e. The minimum absolute atomic E-state index is 0. The molecule has 0 aliphatic carbocycles. The van der Waals surface area contributed by atoms with Crippen molar-refractivity contribution < 1.29 is 76.0 Å². The van der Waals surface area contributed by atoms with Gasteiger partial charge in [-0.15, -0.1) is 11.8 Å². The van der Waals surface area contributed by atoms with E-state index in [1.54, 1.807) is 0 Å². The van der Waals surface area contributed by atoms with Crippen molar-refractivity contribution in [1.82, 2.24) is 0 Å². The van der Waals surface area contributed by atoms with E-state index in [1.165, 1.54) is 27.5 Å². The quantitative estimate of drug-likeness (QED) is 0.270. The van der Waals surface area contributed by atoms with Gasteiger partial charge in [-0.1, -0.05) is 25.1 Å². The molecule has 0 spiro atoms. The van der Waals surface area contributed by atoms with Crippen molar-refractivity contribution in [3.63, 3.8) is 0 Å². The zero-order chi connectivity index (χ0) is 20.8. The van der Waals surface area contributed by atoms with Gasteiger partial charge in [-0.25, -0.2) is 4.57 Å².